The van der Waals surface area contributed by atoms with Gasteiger partial charge in [-0.2, -0.15) is 4.39 Å². The number of anilines is 1. The minimum Gasteiger partial charge on any atom is -0.325 e. The Morgan fingerprint density at radius 3 is 2.89 bits per heavy atom. The SMILES string of the molecule is CC(Sc1nc2sccc2c(=O)n1C)C(=O)Nc1ccc(F)c([N+](=O)[O-])c1. The smallest absolute Gasteiger partial charge is 0.306 e. The van der Waals surface area contributed by atoms with E-state index in [4.69, 9.17) is 0 Å². The Kier molecular flexibility index (Phi) is 5.24. The van der Waals surface area contributed by atoms with Crippen LogP contribution in [0.25, 0.3) is 10.2 Å². The highest BCUT2D eigenvalue weighted by Gasteiger charge is 2.20. The molecule has 0 saturated carbocycles. The minimum atomic E-state index is -0.983. The van der Waals surface area contributed by atoms with E-state index in [1.807, 2.05) is 0 Å². The van der Waals surface area contributed by atoms with Crippen molar-refractivity contribution < 1.29 is 14.1 Å². The molecule has 0 radical (unpaired) electrons. The van der Waals surface area contributed by atoms with Crippen LogP contribution >= 0.6 is 23.1 Å². The van der Waals surface area contributed by atoms with Gasteiger partial charge in [-0.15, -0.1) is 11.3 Å². The van der Waals surface area contributed by atoms with Gasteiger partial charge in [0.2, 0.25) is 11.7 Å². The first kappa shape index (κ1) is 19.0. The van der Waals surface area contributed by atoms with E-state index in [0.717, 1.165) is 23.9 Å². The van der Waals surface area contributed by atoms with Crippen LogP contribution in [0, 0.1) is 15.9 Å². The van der Waals surface area contributed by atoms with Crippen molar-refractivity contribution in [1.29, 1.82) is 0 Å². The molecule has 1 atom stereocenters. The molecule has 0 saturated heterocycles. The average Bonchev–Trinajstić information content (AvgIpc) is 3.09. The van der Waals surface area contributed by atoms with Crippen molar-refractivity contribution in [3.63, 3.8) is 0 Å². The van der Waals surface area contributed by atoms with Crippen LogP contribution in [0.15, 0.2) is 39.6 Å². The number of rotatable bonds is 5. The van der Waals surface area contributed by atoms with Gasteiger partial charge in [0.1, 0.15) is 4.83 Å². The highest BCUT2D eigenvalue weighted by atomic mass is 32.2. The maximum absolute atomic E-state index is 13.4. The number of carbonyl (C=O) groups excluding carboxylic acids is 1. The number of nitrogens with zero attached hydrogens (tertiary/aromatic N) is 3. The number of hydrogen-bond acceptors (Lipinski definition) is 7. The van der Waals surface area contributed by atoms with Crippen molar-refractivity contribution in [2.45, 2.75) is 17.3 Å². The molecule has 0 aliphatic carbocycles. The summed E-state index contributed by atoms with van der Waals surface area (Å²) in [6, 6.07) is 4.81. The van der Waals surface area contributed by atoms with Gasteiger partial charge < -0.3 is 5.32 Å². The number of thiophene rings is 1. The van der Waals surface area contributed by atoms with Crippen LogP contribution in [0.4, 0.5) is 15.8 Å². The fraction of sp³-hybridized carbons (Fsp3) is 0.188. The van der Waals surface area contributed by atoms with Gasteiger partial charge in [0.25, 0.3) is 5.56 Å². The van der Waals surface area contributed by atoms with Gasteiger partial charge in [-0.25, -0.2) is 4.98 Å². The van der Waals surface area contributed by atoms with Crippen molar-refractivity contribution in [2.24, 2.45) is 7.05 Å². The average molecular weight is 408 g/mol. The summed E-state index contributed by atoms with van der Waals surface area (Å²) in [5.41, 5.74) is -0.818. The van der Waals surface area contributed by atoms with Gasteiger partial charge in [-0.3, -0.25) is 24.3 Å². The Bertz CT molecular complexity index is 1110. The summed E-state index contributed by atoms with van der Waals surface area (Å²) in [6.45, 7) is 1.61. The van der Waals surface area contributed by atoms with Crippen LogP contribution in [0.3, 0.4) is 0 Å². The van der Waals surface area contributed by atoms with E-state index in [1.54, 1.807) is 25.4 Å². The summed E-state index contributed by atoms with van der Waals surface area (Å²) in [5.74, 6) is -1.44. The van der Waals surface area contributed by atoms with Crippen molar-refractivity contribution in [3.8, 4) is 0 Å². The highest BCUT2D eigenvalue weighted by Crippen LogP contribution is 2.26. The zero-order chi connectivity index (χ0) is 19.7. The minimum absolute atomic E-state index is 0.108. The van der Waals surface area contributed by atoms with Crippen LogP contribution < -0.4 is 10.9 Å². The maximum Gasteiger partial charge on any atom is 0.306 e. The zero-order valence-electron chi connectivity index (χ0n) is 14.1. The molecule has 27 heavy (non-hydrogen) atoms. The predicted octanol–water partition coefficient (Wildman–Crippen LogP) is 3.16. The molecule has 8 nitrogen and oxygen atoms in total. The van der Waals surface area contributed by atoms with Gasteiger partial charge in [0.15, 0.2) is 5.16 Å². The molecule has 0 aliphatic heterocycles. The quantitative estimate of drug-likeness (QED) is 0.301. The molecule has 1 aromatic carbocycles. The number of nitro benzene ring substituents is 1. The van der Waals surface area contributed by atoms with Gasteiger partial charge in [-0.1, -0.05) is 11.8 Å². The van der Waals surface area contributed by atoms with Gasteiger partial charge >= 0.3 is 5.69 Å². The fourth-order valence-electron chi connectivity index (χ4n) is 2.27. The second kappa shape index (κ2) is 7.45. The van der Waals surface area contributed by atoms with Crippen molar-refractivity contribution in [3.05, 3.63) is 55.9 Å². The third-order valence-electron chi connectivity index (χ3n) is 3.73. The first-order valence-electron chi connectivity index (χ1n) is 7.63. The summed E-state index contributed by atoms with van der Waals surface area (Å²) in [5, 5.41) is 15.3. The number of nitro groups is 1. The Hall–Kier alpha value is -2.79. The molecule has 1 unspecified atom stereocenters. The van der Waals surface area contributed by atoms with Crippen molar-refractivity contribution in [2.75, 3.05) is 5.32 Å². The first-order chi connectivity index (χ1) is 12.8. The highest BCUT2D eigenvalue weighted by molar-refractivity contribution is 8.00. The number of carbonyl (C=O) groups is 1. The van der Waals surface area contributed by atoms with E-state index in [9.17, 15) is 24.1 Å². The molecule has 0 aliphatic rings. The lowest BCUT2D eigenvalue weighted by atomic mass is 10.2. The second-order valence-electron chi connectivity index (χ2n) is 5.57. The van der Waals surface area contributed by atoms with Gasteiger partial charge in [0, 0.05) is 18.8 Å². The van der Waals surface area contributed by atoms with Crippen LogP contribution in [-0.4, -0.2) is 25.6 Å². The first-order valence-corrected chi connectivity index (χ1v) is 9.39. The molecule has 2 heterocycles. The summed E-state index contributed by atoms with van der Waals surface area (Å²) in [7, 11) is 1.57. The molecule has 2 aromatic heterocycles. The molecule has 140 valence electrons. The number of aromatic nitrogens is 2. The molecule has 1 amide bonds. The summed E-state index contributed by atoms with van der Waals surface area (Å²) >= 11 is 2.41. The third kappa shape index (κ3) is 3.83. The van der Waals surface area contributed by atoms with E-state index < -0.39 is 27.6 Å². The lowest BCUT2D eigenvalue weighted by Gasteiger charge is -2.13. The second-order valence-corrected chi connectivity index (χ2v) is 7.77. The van der Waals surface area contributed by atoms with Crippen LogP contribution in [0.2, 0.25) is 0 Å². The number of amides is 1. The monoisotopic (exact) mass is 408 g/mol. The summed E-state index contributed by atoms with van der Waals surface area (Å²) < 4.78 is 14.8. The normalized spacial score (nSPS) is 12.1. The number of nitrogens with one attached hydrogen (secondary N) is 1. The van der Waals surface area contributed by atoms with Crippen LogP contribution in [-0.2, 0) is 11.8 Å². The topological polar surface area (TPSA) is 107 Å². The summed E-state index contributed by atoms with van der Waals surface area (Å²) in [4.78, 5) is 39.6. The molecule has 0 bridgehead atoms. The van der Waals surface area contributed by atoms with E-state index in [0.29, 0.717) is 15.4 Å². The number of hydrogen-bond donors (Lipinski definition) is 1. The molecular weight excluding hydrogens is 395 g/mol. The number of benzene rings is 1. The molecule has 0 fully saturated rings. The third-order valence-corrected chi connectivity index (χ3v) is 5.68. The zero-order valence-corrected chi connectivity index (χ0v) is 15.8. The molecule has 3 rings (SSSR count). The van der Waals surface area contributed by atoms with E-state index >= 15 is 0 Å². The number of thioether (sulfide) groups is 1. The molecular formula is C16H13FN4O4S2. The Labute approximate surface area is 160 Å². The Morgan fingerprint density at radius 2 is 2.19 bits per heavy atom. The predicted molar refractivity (Wildman–Crippen MR) is 102 cm³/mol. The largest absolute Gasteiger partial charge is 0.325 e. The van der Waals surface area contributed by atoms with Crippen LogP contribution in [0.5, 0.6) is 0 Å². The lowest BCUT2D eigenvalue weighted by molar-refractivity contribution is -0.387. The number of fused-ring (bicyclic) bond motifs is 1. The molecule has 1 N–H and O–H groups in total. The van der Waals surface area contributed by atoms with Crippen LogP contribution in [0.1, 0.15) is 6.92 Å². The van der Waals surface area contributed by atoms with E-state index in [2.05, 4.69) is 10.3 Å². The van der Waals surface area contributed by atoms with Crippen molar-refractivity contribution in [1.82, 2.24) is 9.55 Å². The molecule has 0 spiro atoms. The van der Waals surface area contributed by atoms with E-state index in [-0.39, 0.29) is 11.2 Å². The Balaban J connectivity index is 1.79. The fourth-order valence-corrected chi connectivity index (χ4v) is 3.95. The van der Waals surface area contributed by atoms with Crippen molar-refractivity contribution >= 4 is 50.6 Å². The lowest BCUT2D eigenvalue weighted by Crippen LogP contribution is -2.25. The summed E-state index contributed by atoms with van der Waals surface area (Å²) in [6.07, 6.45) is 0. The van der Waals surface area contributed by atoms with E-state index in [1.165, 1.54) is 22.0 Å². The molecule has 11 heteroatoms. The maximum atomic E-state index is 13.4. The van der Waals surface area contributed by atoms with Gasteiger partial charge in [0.05, 0.1) is 15.6 Å². The number of halogens is 1. The van der Waals surface area contributed by atoms with Gasteiger partial charge in [-0.05, 0) is 30.5 Å². The standard InChI is InChI=1S/C16H13FN4O4S2/c1-8(13(22)18-9-3-4-11(17)12(7-9)21(24)25)27-16-19-14-10(5-6-26-14)15(23)20(16)2/h3-8H,1-2H3,(H,18,22). The Morgan fingerprint density at radius 1 is 1.44 bits per heavy atom. The molecule has 3 aromatic rings.